The first-order valence-electron chi connectivity index (χ1n) is 7.75. The largest absolute Gasteiger partial charge is 0.285 e. The number of hydrogen-bond donors (Lipinski definition) is 2. The number of aryl methyl sites for hydroxylation is 1. The zero-order valence-corrected chi connectivity index (χ0v) is 14.2. The Morgan fingerprint density at radius 3 is 3.04 bits per heavy atom. The van der Waals surface area contributed by atoms with Gasteiger partial charge in [-0.2, -0.15) is 5.10 Å². The van der Waals surface area contributed by atoms with Gasteiger partial charge in [0.1, 0.15) is 4.83 Å². The van der Waals surface area contributed by atoms with Crippen LogP contribution in [0.3, 0.4) is 0 Å². The lowest BCUT2D eigenvalue weighted by molar-refractivity contribution is 0.723. The summed E-state index contributed by atoms with van der Waals surface area (Å²) in [7, 11) is 1.88. The van der Waals surface area contributed by atoms with Crippen molar-refractivity contribution in [1.29, 1.82) is 0 Å². The van der Waals surface area contributed by atoms with E-state index >= 15 is 0 Å². The van der Waals surface area contributed by atoms with Gasteiger partial charge < -0.3 is 0 Å². The molecular formula is C16H14N8S. The molecule has 8 nitrogen and oxygen atoms in total. The van der Waals surface area contributed by atoms with Crippen molar-refractivity contribution < 1.29 is 0 Å². The third kappa shape index (κ3) is 2.49. The highest BCUT2D eigenvalue weighted by Gasteiger charge is 2.23. The van der Waals surface area contributed by atoms with Crippen LogP contribution >= 0.6 is 11.3 Å². The van der Waals surface area contributed by atoms with Crippen molar-refractivity contribution in [3.63, 3.8) is 0 Å². The van der Waals surface area contributed by atoms with E-state index < -0.39 is 0 Å². The number of pyridine rings is 1. The first-order valence-corrected chi connectivity index (χ1v) is 8.56. The third-order valence-electron chi connectivity index (χ3n) is 3.98. The molecule has 0 bridgehead atoms. The summed E-state index contributed by atoms with van der Waals surface area (Å²) in [5.41, 5.74) is 7.91. The summed E-state index contributed by atoms with van der Waals surface area (Å²) >= 11 is 1.68. The van der Waals surface area contributed by atoms with Crippen LogP contribution in [0.2, 0.25) is 0 Å². The van der Waals surface area contributed by atoms with Crippen molar-refractivity contribution in [3.8, 4) is 11.3 Å². The van der Waals surface area contributed by atoms with Gasteiger partial charge in [0.2, 0.25) is 0 Å². The van der Waals surface area contributed by atoms with Gasteiger partial charge in [-0.15, -0.1) is 16.9 Å². The number of aromatic nitrogens is 5. The number of anilines is 2. The molecule has 0 saturated carbocycles. The molecule has 4 aromatic heterocycles. The molecule has 9 heteroatoms. The van der Waals surface area contributed by atoms with Gasteiger partial charge in [-0.1, -0.05) is 6.07 Å². The summed E-state index contributed by atoms with van der Waals surface area (Å²) in [5.74, 6) is 1.48. The summed E-state index contributed by atoms with van der Waals surface area (Å²) in [5, 5.41) is 7.31. The fraction of sp³-hybridized carbons (Fsp3) is 0.125. The lowest BCUT2D eigenvalue weighted by Gasteiger charge is -2.15. The van der Waals surface area contributed by atoms with Crippen LogP contribution in [0, 0.1) is 0 Å². The molecule has 0 amide bonds. The van der Waals surface area contributed by atoms with Gasteiger partial charge in [-0.05, 0) is 12.1 Å². The minimum atomic E-state index is 0.673. The Morgan fingerprint density at radius 2 is 2.20 bits per heavy atom. The van der Waals surface area contributed by atoms with E-state index in [9.17, 15) is 0 Å². The van der Waals surface area contributed by atoms with E-state index in [1.165, 1.54) is 4.88 Å². The molecule has 0 saturated heterocycles. The molecular weight excluding hydrogens is 336 g/mol. The van der Waals surface area contributed by atoms with Gasteiger partial charge in [0.15, 0.2) is 11.6 Å². The first kappa shape index (κ1) is 14.3. The van der Waals surface area contributed by atoms with Gasteiger partial charge in [0.25, 0.3) is 0 Å². The normalized spacial score (nSPS) is 13.2. The summed E-state index contributed by atoms with van der Waals surface area (Å²) in [6.07, 6.45) is 7.28. The Morgan fingerprint density at radius 1 is 1.24 bits per heavy atom. The Labute approximate surface area is 147 Å². The van der Waals surface area contributed by atoms with Crippen LogP contribution in [-0.2, 0) is 13.6 Å². The van der Waals surface area contributed by atoms with E-state index in [1.54, 1.807) is 28.4 Å². The summed E-state index contributed by atoms with van der Waals surface area (Å²) in [6.45, 7) is 0.673. The molecule has 0 radical (unpaired) electrons. The molecule has 0 unspecified atom stereocenters. The molecule has 25 heavy (non-hydrogen) atoms. The van der Waals surface area contributed by atoms with Gasteiger partial charge in [-0.25, -0.2) is 15.0 Å². The highest BCUT2D eigenvalue weighted by molar-refractivity contribution is 7.18. The second kappa shape index (κ2) is 5.50. The number of hydrazine groups is 2. The summed E-state index contributed by atoms with van der Waals surface area (Å²) < 4.78 is 1.75. The molecule has 0 fully saturated rings. The minimum absolute atomic E-state index is 0.673. The smallest absolute Gasteiger partial charge is 0.190 e. The zero-order valence-electron chi connectivity index (χ0n) is 13.3. The van der Waals surface area contributed by atoms with Crippen LogP contribution in [0.15, 0.2) is 43.0 Å². The minimum Gasteiger partial charge on any atom is -0.285 e. The van der Waals surface area contributed by atoms with Crippen molar-refractivity contribution in [2.24, 2.45) is 7.05 Å². The van der Waals surface area contributed by atoms with Crippen molar-refractivity contribution in [1.82, 2.24) is 30.3 Å². The summed E-state index contributed by atoms with van der Waals surface area (Å²) in [4.78, 5) is 15.8. The first-order chi connectivity index (χ1) is 12.3. The topological polar surface area (TPSA) is 83.8 Å². The van der Waals surface area contributed by atoms with E-state index in [0.29, 0.717) is 12.4 Å². The van der Waals surface area contributed by atoms with Gasteiger partial charge in [0, 0.05) is 35.3 Å². The van der Waals surface area contributed by atoms with Crippen LogP contribution < -0.4 is 16.0 Å². The molecule has 5 heterocycles. The molecule has 124 valence electrons. The number of thiophene rings is 1. The molecule has 0 aliphatic carbocycles. The van der Waals surface area contributed by atoms with Crippen molar-refractivity contribution in [3.05, 3.63) is 47.9 Å². The second-order valence-corrected chi connectivity index (χ2v) is 6.88. The number of rotatable bonds is 3. The molecule has 5 rings (SSSR count). The second-order valence-electron chi connectivity index (χ2n) is 5.76. The molecule has 2 N–H and O–H groups in total. The maximum atomic E-state index is 4.74. The Bertz CT molecular complexity index is 1040. The number of nitrogens with one attached hydrogen (secondary N) is 2. The van der Waals surface area contributed by atoms with Crippen LogP contribution in [0.4, 0.5) is 11.6 Å². The third-order valence-corrected chi connectivity index (χ3v) is 5.02. The van der Waals surface area contributed by atoms with Gasteiger partial charge >= 0.3 is 0 Å². The van der Waals surface area contributed by atoms with Crippen LogP contribution in [0.5, 0.6) is 0 Å². The van der Waals surface area contributed by atoms with E-state index in [2.05, 4.69) is 38.2 Å². The van der Waals surface area contributed by atoms with E-state index in [4.69, 9.17) is 4.98 Å². The van der Waals surface area contributed by atoms with E-state index in [0.717, 1.165) is 27.3 Å². The van der Waals surface area contributed by atoms with E-state index in [-0.39, 0.29) is 0 Å². The van der Waals surface area contributed by atoms with Crippen LogP contribution in [0.25, 0.3) is 21.5 Å². The predicted molar refractivity (Wildman–Crippen MR) is 96.8 cm³/mol. The van der Waals surface area contributed by atoms with E-state index in [1.807, 2.05) is 30.5 Å². The zero-order chi connectivity index (χ0) is 16.8. The molecule has 4 aromatic rings. The summed E-state index contributed by atoms with van der Waals surface area (Å²) in [6, 6.07) is 6.19. The lowest BCUT2D eigenvalue weighted by Crippen LogP contribution is -2.35. The monoisotopic (exact) mass is 350 g/mol. The molecule has 0 spiro atoms. The standard InChI is InChI=1S/C16H14N8S/c1-23-8-11(6-19-23)13-7-18-14-15(20-13)24(22-21-14)9-12-5-10-3-2-4-17-16(10)25-12/h2-8,22H,9H2,1H3,(H,18,21). The fourth-order valence-electron chi connectivity index (χ4n) is 2.80. The lowest BCUT2D eigenvalue weighted by atomic mass is 10.3. The maximum Gasteiger partial charge on any atom is 0.190 e. The van der Waals surface area contributed by atoms with Crippen molar-refractivity contribution in [2.75, 3.05) is 10.4 Å². The van der Waals surface area contributed by atoms with Gasteiger partial charge in [0.05, 0.1) is 24.6 Å². The molecule has 0 atom stereocenters. The Balaban J connectivity index is 1.47. The van der Waals surface area contributed by atoms with Crippen LogP contribution in [-0.4, -0.2) is 24.7 Å². The van der Waals surface area contributed by atoms with Crippen molar-refractivity contribution in [2.45, 2.75) is 6.54 Å². The van der Waals surface area contributed by atoms with Gasteiger partial charge in [-0.3, -0.25) is 15.1 Å². The number of hydrogen-bond acceptors (Lipinski definition) is 8. The average Bonchev–Trinajstić information content (AvgIpc) is 3.33. The Kier molecular flexibility index (Phi) is 3.15. The molecule has 1 aliphatic heterocycles. The fourth-order valence-corrected chi connectivity index (χ4v) is 3.78. The average molecular weight is 350 g/mol. The highest BCUT2D eigenvalue weighted by Crippen LogP contribution is 2.31. The maximum absolute atomic E-state index is 4.74. The Hall–Kier alpha value is -3.04. The van der Waals surface area contributed by atoms with Crippen molar-refractivity contribution >= 4 is 33.2 Å². The quantitative estimate of drug-likeness (QED) is 0.587. The van der Waals surface area contributed by atoms with Crippen LogP contribution in [0.1, 0.15) is 4.88 Å². The number of nitrogens with zero attached hydrogens (tertiary/aromatic N) is 6. The SMILES string of the molecule is Cn1cc(-c2cnc3c(n2)N(Cc2cc4cccnc4s2)NN3)cn1. The molecule has 1 aliphatic rings. The predicted octanol–water partition coefficient (Wildman–Crippen LogP) is 2.34. The molecule has 0 aromatic carbocycles. The highest BCUT2D eigenvalue weighted by atomic mass is 32.1. The number of fused-ring (bicyclic) bond motifs is 2.